The van der Waals surface area contributed by atoms with Crippen molar-refractivity contribution in [1.29, 1.82) is 0 Å². The van der Waals surface area contributed by atoms with E-state index in [1.807, 2.05) is 13.8 Å². The Kier molecular flexibility index (Phi) is 4.31. The van der Waals surface area contributed by atoms with Gasteiger partial charge >= 0.3 is 5.97 Å². The Bertz CT molecular complexity index is 645. The van der Waals surface area contributed by atoms with Gasteiger partial charge in [0.05, 0.1) is 18.3 Å². The molecular formula is C13H16N2O3S. The first-order valence-corrected chi connectivity index (χ1v) is 7.04. The van der Waals surface area contributed by atoms with Crippen molar-refractivity contribution < 1.29 is 9.53 Å². The molecule has 0 unspecified atom stereocenters. The van der Waals surface area contributed by atoms with Crippen LogP contribution in [0, 0.1) is 6.92 Å². The van der Waals surface area contributed by atoms with Crippen LogP contribution in [0.4, 0.5) is 0 Å². The molecule has 2 rings (SSSR count). The van der Waals surface area contributed by atoms with Crippen LogP contribution in [0.25, 0.3) is 10.2 Å². The van der Waals surface area contributed by atoms with E-state index in [4.69, 9.17) is 4.74 Å². The number of carbonyl (C=O) groups excluding carboxylic acids is 1. The van der Waals surface area contributed by atoms with E-state index in [0.717, 1.165) is 17.7 Å². The van der Waals surface area contributed by atoms with Crippen LogP contribution in [0.1, 0.15) is 24.6 Å². The highest BCUT2D eigenvalue weighted by Crippen LogP contribution is 2.19. The zero-order valence-corrected chi connectivity index (χ0v) is 11.8. The van der Waals surface area contributed by atoms with E-state index in [2.05, 4.69) is 4.98 Å². The Morgan fingerprint density at radius 2 is 2.32 bits per heavy atom. The summed E-state index contributed by atoms with van der Waals surface area (Å²) in [6, 6.07) is 1.80. The first-order chi connectivity index (χ1) is 9.11. The molecule has 0 saturated heterocycles. The smallest absolute Gasteiger partial charge is 0.326 e. The summed E-state index contributed by atoms with van der Waals surface area (Å²) in [5, 5.41) is 0.561. The monoisotopic (exact) mass is 280 g/mol. The van der Waals surface area contributed by atoms with Gasteiger partial charge in [0.2, 0.25) is 0 Å². The Hall–Kier alpha value is -1.69. The van der Waals surface area contributed by atoms with Crippen molar-refractivity contribution in [2.75, 3.05) is 6.61 Å². The molecule has 5 nitrogen and oxygen atoms in total. The van der Waals surface area contributed by atoms with Crippen LogP contribution >= 0.6 is 11.3 Å². The van der Waals surface area contributed by atoms with Crippen LogP contribution in [0.15, 0.2) is 17.2 Å². The van der Waals surface area contributed by atoms with Crippen molar-refractivity contribution in [1.82, 2.24) is 9.55 Å². The minimum atomic E-state index is -0.399. The number of nitrogens with zero attached hydrogens (tertiary/aromatic N) is 2. The third-order valence-electron chi connectivity index (χ3n) is 2.70. The van der Waals surface area contributed by atoms with Crippen molar-refractivity contribution in [3.05, 3.63) is 27.6 Å². The van der Waals surface area contributed by atoms with Crippen LogP contribution in [-0.4, -0.2) is 22.1 Å². The molecule has 0 saturated carbocycles. The maximum absolute atomic E-state index is 12.1. The molecule has 0 aliphatic rings. The molecule has 0 bridgehead atoms. The van der Waals surface area contributed by atoms with Crippen LogP contribution < -0.4 is 5.56 Å². The lowest BCUT2D eigenvalue weighted by atomic mass is 10.3. The summed E-state index contributed by atoms with van der Waals surface area (Å²) in [7, 11) is 0. The van der Waals surface area contributed by atoms with E-state index in [1.165, 1.54) is 22.2 Å². The van der Waals surface area contributed by atoms with Crippen LogP contribution in [-0.2, 0) is 16.1 Å². The normalized spacial score (nSPS) is 10.8. The zero-order valence-electron chi connectivity index (χ0n) is 11.0. The van der Waals surface area contributed by atoms with Gasteiger partial charge in [0.1, 0.15) is 11.4 Å². The van der Waals surface area contributed by atoms with Gasteiger partial charge in [-0.3, -0.25) is 14.2 Å². The van der Waals surface area contributed by atoms with E-state index in [-0.39, 0.29) is 12.1 Å². The molecule has 102 valence electrons. The Morgan fingerprint density at radius 3 is 3.05 bits per heavy atom. The lowest BCUT2D eigenvalue weighted by Crippen LogP contribution is -2.25. The lowest BCUT2D eigenvalue weighted by Gasteiger charge is -2.05. The molecule has 19 heavy (non-hydrogen) atoms. The molecule has 0 radical (unpaired) electrons. The summed E-state index contributed by atoms with van der Waals surface area (Å²) < 4.78 is 6.33. The number of hydrogen-bond acceptors (Lipinski definition) is 5. The number of esters is 1. The maximum Gasteiger partial charge on any atom is 0.326 e. The Morgan fingerprint density at radius 1 is 1.53 bits per heavy atom. The number of unbranched alkanes of at least 4 members (excludes halogenated alkanes) is 1. The van der Waals surface area contributed by atoms with E-state index < -0.39 is 5.97 Å². The fourth-order valence-corrected chi connectivity index (χ4v) is 2.55. The third kappa shape index (κ3) is 3.20. The molecular weight excluding hydrogens is 264 g/mol. The number of rotatable bonds is 5. The van der Waals surface area contributed by atoms with Crippen molar-refractivity contribution in [3.8, 4) is 0 Å². The predicted octanol–water partition coefficient (Wildman–Crippen LogP) is 2.11. The summed E-state index contributed by atoms with van der Waals surface area (Å²) in [5.74, 6) is -0.399. The molecule has 0 aliphatic heterocycles. The number of hydrogen-bond donors (Lipinski definition) is 0. The number of fused-ring (bicyclic) bond motifs is 1. The Balaban J connectivity index is 2.14. The molecule has 2 heterocycles. The van der Waals surface area contributed by atoms with E-state index in [9.17, 15) is 9.59 Å². The average Bonchev–Trinajstić information content (AvgIpc) is 2.75. The highest BCUT2D eigenvalue weighted by atomic mass is 32.1. The molecule has 0 amide bonds. The number of aromatic nitrogens is 2. The molecule has 2 aromatic heterocycles. The fourth-order valence-electron chi connectivity index (χ4n) is 1.71. The second kappa shape index (κ2) is 5.97. The van der Waals surface area contributed by atoms with Gasteiger partial charge in [-0.2, -0.15) is 0 Å². The van der Waals surface area contributed by atoms with Gasteiger partial charge in [-0.25, -0.2) is 4.98 Å². The van der Waals surface area contributed by atoms with Crippen LogP contribution in [0.2, 0.25) is 0 Å². The van der Waals surface area contributed by atoms with Gasteiger partial charge < -0.3 is 4.74 Å². The van der Waals surface area contributed by atoms with Crippen molar-refractivity contribution >= 4 is 27.5 Å². The zero-order chi connectivity index (χ0) is 13.8. The minimum absolute atomic E-state index is 0.0830. The highest BCUT2D eigenvalue weighted by molar-refractivity contribution is 7.18. The molecule has 0 aromatic carbocycles. The standard InChI is InChI=1S/C13H16N2O3S/c1-3-4-5-18-11(16)7-15-8-14-12-10(13(15)17)6-9(2)19-12/h6,8H,3-5,7H2,1-2H3. The van der Waals surface area contributed by atoms with Crippen molar-refractivity contribution in [2.45, 2.75) is 33.2 Å². The average molecular weight is 280 g/mol. The van der Waals surface area contributed by atoms with Gasteiger partial charge in [-0.05, 0) is 19.4 Å². The van der Waals surface area contributed by atoms with E-state index in [0.29, 0.717) is 16.8 Å². The number of thiophene rings is 1. The number of carbonyl (C=O) groups is 1. The van der Waals surface area contributed by atoms with Gasteiger partial charge in [0, 0.05) is 4.88 Å². The molecule has 0 atom stereocenters. The topological polar surface area (TPSA) is 61.2 Å². The molecule has 0 fully saturated rings. The predicted molar refractivity (Wildman–Crippen MR) is 74.5 cm³/mol. The highest BCUT2D eigenvalue weighted by Gasteiger charge is 2.10. The summed E-state index contributed by atoms with van der Waals surface area (Å²) in [5.41, 5.74) is -0.193. The summed E-state index contributed by atoms with van der Waals surface area (Å²) in [6.45, 7) is 4.27. The van der Waals surface area contributed by atoms with E-state index >= 15 is 0 Å². The molecule has 0 N–H and O–H groups in total. The fraction of sp³-hybridized carbons (Fsp3) is 0.462. The second-order valence-electron chi connectivity index (χ2n) is 4.33. The minimum Gasteiger partial charge on any atom is -0.464 e. The summed E-state index contributed by atoms with van der Waals surface area (Å²) in [6.07, 6.45) is 3.21. The first kappa shape index (κ1) is 13.7. The molecule has 6 heteroatoms. The SMILES string of the molecule is CCCCOC(=O)Cn1cnc2sc(C)cc2c1=O. The quantitative estimate of drug-likeness (QED) is 0.621. The van der Waals surface area contributed by atoms with Gasteiger partial charge in [-0.15, -0.1) is 11.3 Å². The summed E-state index contributed by atoms with van der Waals surface area (Å²) in [4.78, 5) is 29.6. The Labute approximate surface area is 114 Å². The van der Waals surface area contributed by atoms with Gasteiger partial charge in [-0.1, -0.05) is 13.3 Å². The van der Waals surface area contributed by atoms with Crippen LogP contribution in [0.5, 0.6) is 0 Å². The molecule has 0 aliphatic carbocycles. The maximum atomic E-state index is 12.1. The second-order valence-corrected chi connectivity index (χ2v) is 5.56. The van der Waals surface area contributed by atoms with E-state index in [1.54, 1.807) is 6.07 Å². The van der Waals surface area contributed by atoms with Gasteiger partial charge in [0.15, 0.2) is 0 Å². The van der Waals surface area contributed by atoms with Crippen molar-refractivity contribution in [2.24, 2.45) is 0 Å². The van der Waals surface area contributed by atoms with Gasteiger partial charge in [0.25, 0.3) is 5.56 Å². The number of ether oxygens (including phenoxy) is 1. The first-order valence-electron chi connectivity index (χ1n) is 6.23. The van der Waals surface area contributed by atoms with Crippen LogP contribution in [0.3, 0.4) is 0 Å². The largest absolute Gasteiger partial charge is 0.464 e. The third-order valence-corrected chi connectivity index (χ3v) is 3.66. The summed E-state index contributed by atoms with van der Waals surface area (Å²) >= 11 is 1.47. The lowest BCUT2D eigenvalue weighted by molar-refractivity contribution is -0.144. The molecule has 2 aromatic rings. The van der Waals surface area contributed by atoms with Crippen molar-refractivity contribution in [3.63, 3.8) is 0 Å². The number of aryl methyl sites for hydroxylation is 1. The molecule has 0 spiro atoms.